The van der Waals surface area contributed by atoms with Gasteiger partial charge in [0.15, 0.2) is 0 Å². The monoisotopic (exact) mass is 155 g/mol. The molecule has 0 saturated carbocycles. The molecule has 0 rings (SSSR count). The number of hydrogen-bond acceptors (Lipinski definition) is 0. The van der Waals surface area contributed by atoms with Crippen LogP contribution in [0.25, 0.3) is 0 Å². The Morgan fingerprint density at radius 1 is 1.25 bits per heavy atom. The van der Waals surface area contributed by atoms with Crippen molar-refractivity contribution in [2.24, 2.45) is 0 Å². The second-order valence-electron chi connectivity index (χ2n) is 1.56. The first-order chi connectivity index (χ1) is 2.91. The Morgan fingerprint density at radius 3 is 1.88 bits per heavy atom. The molecule has 0 spiro atoms. The zero-order chi connectivity index (χ0) is 4.83. The normalized spacial score (nSPS) is 6.75. The van der Waals surface area contributed by atoms with Crippen LogP contribution in [0, 0.1) is 6.92 Å². The van der Waals surface area contributed by atoms with E-state index in [0.717, 1.165) is 6.42 Å². The minimum atomic E-state index is 0. The van der Waals surface area contributed by atoms with Crippen molar-refractivity contribution < 1.29 is 17.1 Å². The Labute approximate surface area is 75.5 Å². The van der Waals surface area contributed by atoms with Crippen molar-refractivity contribution in [3.63, 3.8) is 0 Å². The molecule has 0 bridgehead atoms. The molecule has 49 valence electrons. The maximum absolute atomic E-state index is 3.72. The summed E-state index contributed by atoms with van der Waals surface area (Å²) in [7, 11) is 0. The molecule has 0 nitrogen and oxygen atoms in total. The molecule has 8 heavy (non-hydrogen) atoms. The predicted octanol–water partition coefficient (Wildman–Crippen LogP) is 2.02. The fourth-order valence-electron chi connectivity index (χ4n) is 0.427. The van der Waals surface area contributed by atoms with E-state index in [1.165, 1.54) is 19.3 Å². The molecule has 0 N–H and O–H groups in total. The van der Waals surface area contributed by atoms with Crippen LogP contribution in [0.1, 0.15) is 32.6 Å². The molecular formula is C6H13CuLi. The molecule has 0 aromatic heterocycles. The van der Waals surface area contributed by atoms with Gasteiger partial charge in [-0.1, -0.05) is 26.2 Å². The maximum atomic E-state index is 3.72. The van der Waals surface area contributed by atoms with Crippen molar-refractivity contribution in [2.75, 3.05) is 0 Å². The largest absolute Gasteiger partial charge is 1.00 e. The summed E-state index contributed by atoms with van der Waals surface area (Å²) in [5, 5.41) is 0. The quantitative estimate of drug-likeness (QED) is 0.332. The first-order valence-electron chi connectivity index (χ1n) is 2.71. The van der Waals surface area contributed by atoms with E-state index in [0.29, 0.717) is 0 Å². The van der Waals surface area contributed by atoms with Gasteiger partial charge in [0, 0.05) is 18.9 Å². The fourth-order valence-corrected chi connectivity index (χ4v) is 0.427. The van der Waals surface area contributed by atoms with Crippen molar-refractivity contribution in [1.29, 1.82) is 0 Å². The van der Waals surface area contributed by atoms with E-state index in [4.69, 9.17) is 0 Å². The number of unbranched alkanes of at least 4 members (excludes halogenated alkanes) is 3. The van der Waals surface area contributed by atoms with Crippen molar-refractivity contribution in [2.45, 2.75) is 32.6 Å². The van der Waals surface area contributed by atoms with E-state index in [1.807, 2.05) is 0 Å². The van der Waals surface area contributed by atoms with Gasteiger partial charge >= 0.3 is 17.1 Å². The van der Waals surface area contributed by atoms with Crippen LogP contribution in [0.3, 0.4) is 0 Å². The molecular weight excluding hydrogens is 143 g/mol. The van der Waals surface area contributed by atoms with E-state index >= 15 is 0 Å². The summed E-state index contributed by atoms with van der Waals surface area (Å²) in [4.78, 5) is 0. The molecule has 0 fully saturated rings. The van der Waals surface area contributed by atoms with E-state index in [-0.39, 0.29) is 35.9 Å². The van der Waals surface area contributed by atoms with E-state index in [2.05, 4.69) is 13.8 Å². The Morgan fingerprint density at radius 2 is 1.75 bits per heavy atom. The third kappa shape index (κ3) is 15.7. The molecule has 1 radical (unpaired) electrons. The van der Waals surface area contributed by atoms with Gasteiger partial charge in [0.25, 0.3) is 0 Å². The SMILES string of the molecule is [CH2-]CCCCC.[Cu+].[Li]. The van der Waals surface area contributed by atoms with Gasteiger partial charge in [0.2, 0.25) is 0 Å². The summed E-state index contributed by atoms with van der Waals surface area (Å²) in [6.45, 7) is 5.93. The molecule has 2 heteroatoms. The first-order valence-corrected chi connectivity index (χ1v) is 2.71. The standard InChI is InChI=1S/C6H13.Cu.Li/c1-3-5-6-4-2;;/h1,3-6H2,2H3;;/q-1;+1;. The molecule has 0 atom stereocenters. The average molecular weight is 156 g/mol. The number of hydrogen-bond donors (Lipinski definition) is 0. The molecule has 0 aliphatic heterocycles. The van der Waals surface area contributed by atoms with Crippen LogP contribution in [0.15, 0.2) is 0 Å². The van der Waals surface area contributed by atoms with Gasteiger partial charge in [-0.2, -0.15) is 6.42 Å². The summed E-state index contributed by atoms with van der Waals surface area (Å²) in [5.74, 6) is 0. The van der Waals surface area contributed by atoms with Gasteiger partial charge in [-0.3, -0.25) is 0 Å². The molecule has 0 heterocycles. The molecule has 0 amide bonds. The van der Waals surface area contributed by atoms with Gasteiger partial charge in [-0.15, -0.1) is 0 Å². The molecule has 0 aliphatic carbocycles. The zero-order valence-electron chi connectivity index (χ0n) is 5.84. The van der Waals surface area contributed by atoms with Crippen molar-refractivity contribution >= 4 is 18.9 Å². The molecule has 0 aromatic carbocycles. The molecule has 0 aliphatic rings. The Bertz CT molecular complexity index is 20.5. The minimum absolute atomic E-state index is 0. The van der Waals surface area contributed by atoms with Crippen molar-refractivity contribution in [3.05, 3.63) is 6.92 Å². The molecule has 0 saturated heterocycles. The summed E-state index contributed by atoms with van der Waals surface area (Å²) >= 11 is 0. The van der Waals surface area contributed by atoms with Gasteiger partial charge in [-0.05, 0) is 0 Å². The molecule has 0 aromatic rings. The summed E-state index contributed by atoms with van der Waals surface area (Å²) in [6.07, 6.45) is 5.07. The van der Waals surface area contributed by atoms with Crippen LogP contribution in [0.2, 0.25) is 0 Å². The van der Waals surface area contributed by atoms with Gasteiger partial charge in [-0.25, -0.2) is 0 Å². The summed E-state index contributed by atoms with van der Waals surface area (Å²) in [5.41, 5.74) is 0. The molecule has 0 unspecified atom stereocenters. The first kappa shape index (κ1) is 16.1. The van der Waals surface area contributed by atoms with Crippen LogP contribution in [-0.2, 0) is 17.1 Å². The summed E-state index contributed by atoms with van der Waals surface area (Å²) < 4.78 is 0. The van der Waals surface area contributed by atoms with Crippen molar-refractivity contribution in [3.8, 4) is 0 Å². The smallest absolute Gasteiger partial charge is 0.343 e. The van der Waals surface area contributed by atoms with Crippen LogP contribution in [0.5, 0.6) is 0 Å². The van der Waals surface area contributed by atoms with E-state index in [9.17, 15) is 0 Å². The minimum Gasteiger partial charge on any atom is -0.343 e. The second-order valence-corrected chi connectivity index (χ2v) is 1.56. The van der Waals surface area contributed by atoms with Crippen molar-refractivity contribution in [1.82, 2.24) is 0 Å². The zero-order valence-corrected chi connectivity index (χ0v) is 6.78. The van der Waals surface area contributed by atoms with Gasteiger partial charge in [0.1, 0.15) is 0 Å². The number of rotatable bonds is 3. The third-order valence-electron chi connectivity index (χ3n) is 0.854. The Hall–Kier alpha value is 1.12. The third-order valence-corrected chi connectivity index (χ3v) is 0.854. The van der Waals surface area contributed by atoms with E-state index in [1.54, 1.807) is 0 Å². The van der Waals surface area contributed by atoms with Gasteiger partial charge in [0.05, 0.1) is 0 Å². The maximum Gasteiger partial charge on any atom is 1.00 e. The van der Waals surface area contributed by atoms with Crippen LogP contribution >= 0.6 is 0 Å². The van der Waals surface area contributed by atoms with Crippen LogP contribution in [0.4, 0.5) is 0 Å². The van der Waals surface area contributed by atoms with Crippen LogP contribution < -0.4 is 0 Å². The van der Waals surface area contributed by atoms with Gasteiger partial charge < -0.3 is 6.92 Å². The predicted molar refractivity (Wildman–Crippen MR) is 35.3 cm³/mol. The summed E-state index contributed by atoms with van der Waals surface area (Å²) in [6, 6.07) is 0. The Kier molecular flexibility index (Phi) is 31.5. The second kappa shape index (κ2) is 15.7. The Balaban J connectivity index is -0.000000125. The fraction of sp³-hybridized carbons (Fsp3) is 0.833. The average Bonchev–Trinajstić information content (AvgIpc) is 1.61. The van der Waals surface area contributed by atoms with E-state index < -0.39 is 0 Å². The topological polar surface area (TPSA) is 0 Å². The van der Waals surface area contributed by atoms with Crippen LogP contribution in [-0.4, -0.2) is 18.9 Å².